The molecule has 1 amide bonds. The number of pyridine rings is 1. The number of ether oxygens (including phenoxy) is 1. The molecule has 0 radical (unpaired) electrons. The molecule has 98 valence electrons. The molecule has 1 heterocycles. The first-order valence-corrected chi connectivity index (χ1v) is 6.18. The number of benzene rings is 1. The van der Waals surface area contributed by atoms with Gasteiger partial charge < -0.3 is 4.74 Å². The SMILES string of the molecule is Cc1cc(Cl)ccc1OCC(=O)N[n+]1ccccc1. The Morgan fingerprint density at radius 2 is 2.05 bits per heavy atom. The number of rotatable bonds is 4. The molecule has 0 aliphatic carbocycles. The van der Waals surface area contributed by atoms with Crippen molar-refractivity contribution >= 4 is 17.5 Å². The zero-order valence-corrected chi connectivity index (χ0v) is 11.2. The number of halogens is 1. The van der Waals surface area contributed by atoms with E-state index >= 15 is 0 Å². The highest BCUT2D eigenvalue weighted by Gasteiger charge is 2.09. The van der Waals surface area contributed by atoms with E-state index in [1.165, 1.54) is 0 Å². The monoisotopic (exact) mass is 277 g/mol. The first-order chi connectivity index (χ1) is 9.15. The highest BCUT2D eigenvalue weighted by Crippen LogP contribution is 2.21. The maximum Gasteiger partial charge on any atom is 0.312 e. The standard InChI is InChI=1S/C14H13ClN2O2/c1-11-9-12(15)5-6-13(11)19-10-14(18)16-17-7-3-2-4-8-17/h2-9H,10H2,1H3/p+1. The van der Waals surface area contributed by atoms with Gasteiger partial charge in [-0.25, -0.2) is 0 Å². The summed E-state index contributed by atoms with van der Waals surface area (Å²) < 4.78 is 7.01. The summed E-state index contributed by atoms with van der Waals surface area (Å²) in [6.07, 6.45) is 3.48. The minimum absolute atomic E-state index is 0.0512. The van der Waals surface area contributed by atoms with Crippen molar-refractivity contribution in [3.8, 4) is 5.75 Å². The number of hydrogen-bond acceptors (Lipinski definition) is 2. The lowest BCUT2D eigenvalue weighted by molar-refractivity contribution is -0.642. The van der Waals surface area contributed by atoms with Gasteiger partial charge in [0.25, 0.3) is 0 Å². The Balaban J connectivity index is 1.90. The Hall–Kier alpha value is -2.07. The molecule has 1 aromatic carbocycles. The lowest BCUT2D eigenvalue weighted by Crippen LogP contribution is -2.49. The molecule has 1 N–H and O–H groups in total. The van der Waals surface area contributed by atoms with E-state index in [4.69, 9.17) is 16.3 Å². The van der Waals surface area contributed by atoms with Crippen molar-refractivity contribution in [2.75, 3.05) is 12.0 Å². The minimum Gasteiger partial charge on any atom is -0.483 e. The Morgan fingerprint density at radius 3 is 2.74 bits per heavy atom. The number of carbonyl (C=O) groups is 1. The second kappa shape index (κ2) is 6.20. The van der Waals surface area contributed by atoms with Crippen LogP contribution in [0.25, 0.3) is 0 Å². The maximum atomic E-state index is 11.7. The predicted molar refractivity (Wildman–Crippen MR) is 72.7 cm³/mol. The molecule has 4 nitrogen and oxygen atoms in total. The summed E-state index contributed by atoms with van der Waals surface area (Å²) >= 11 is 5.85. The highest BCUT2D eigenvalue weighted by atomic mass is 35.5. The molecule has 5 heteroatoms. The van der Waals surface area contributed by atoms with Crippen LogP contribution in [0.15, 0.2) is 48.8 Å². The van der Waals surface area contributed by atoms with Crippen LogP contribution in [0.5, 0.6) is 5.75 Å². The second-order valence-electron chi connectivity index (χ2n) is 4.02. The maximum absolute atomic E-state index is 11.7. The van der Waals surface area contributed by atoms with Crippen LogP contribution < -0.4 is 14.8 Å². The van der Waals surface area contributed by atoms with Crippen LogP contribution in [-0.4, -0.2) is 12.5 Å². The molecule has 0 saturated carbocycles. The molecule has 0 unspecified atom stereocenters. The summed E-state index contributed by atoms with van der Waals surface area (Å²) in [5.41, 5.74) is 3.57. The lowest BCUT2D eigenvalue weighted by Gasteiger charge is -2.07. The molecule has 2 aromatic rings. The van der Waals surface area contributed by atoms with Crippen molar-refractivity contribution in [2.24, 2.45) is 0 Å². The third-order valence-electron chi connectivity index (χ3n) is 2.47. The molecular formula is C14H14ClN2O2+. The third kappa shape index (κ3) is 3.96. The van der Waals surface area contributed by atoms with Crippen LogP contribution in [0.3, 0.4) is 0 Å². The summed E-state index contributed by atoms with van der Waals surface area (Å²) in [5.74, 6) is 0.420. The van der Waals surface area contributed by atoms with Gasteiger partial charge in [-0.15, -0.1) is 5.43 Å². The predicted octanol–water partition coefficient (Wildman–Crippen LogP) is 2.09. The molecule has 0 aliphatic heterocycles. The van der Waals surface area contributed by atoms with E-state index in [2.05, 4.69) is 5.43 Å². The molecule has 1 aromatic heterocycles. The molecule has 0 spiro atoms. The zero-order valence-electron chi connectivity index (χ0n) is 10.5. The third-order valence-corrected chi connectivity index (χ3v) is 2.70. The van der Waals surface area contributed by atoms with Crippen LogP contribution in [0.1, 0.15) is 5.56 Å². The summed E-state index contributed by atoms with van der Waals surface area (Å²) in [6, 6.07) is 10.8. The van der Waals surface area contributed by atoms with Gasteiger partial charge in [-0.3, -0.25) is 4.79 Å². The van der Waals surface area contributed by atoms with E-state index in [1.54, 1.807) is 35.3 Å². The van der Waals surface area contributed by atoms with E-state index in [9.17, 15) is 4.79 Å². The van der Waals surface area contributed by atoms with Crippen LogP contribution in [0.2, 0.25) is 5.02 Å². The highest BCUT2D eigenvalue weighted by molar-refractivity contribution is 6.30. The van der Waals surface area contributed by atoms with Gasteiger partial charge in [0.15, 0.2) is 19.0 Å². The van der Waals surface area contributed by atoms with Crippen molar-refractivity contribution in [3.63, 3.8) is 0 Å². The van der Waals surface area contributed by atoms with Gasteiger partial charge in [0, 0.05) is 17.2 Å². The molecule has 0 fully saturated rings. The summed E-state index contributed by atoms with van der Waals surface area (Å²) in [4.78, 5) is 11.7. The molecule has 2 rings (SSSR count). The number of amides is 1. The summed E-state index contributed by atoms with van der Waals surface area (Å²) in [5, 5.41) is 0.647. The molecule has 19 heavy (non-hydrogen) atoms. The molecule has 0 aliphatic rings. The van der Waals surface area contributed by atoms with Gasteiger partial charge in [-0.1, -0.05) is 22.3 Å². The van der Waals surface area contributed by atoms with Gasteiger partial charge in [0.05, 0.1) is 0 Å². The number of aryl methyl sites for hydroxylation is 1. The van der Waals surface area contributed by atoms with E-state index < -0.39 is 0 Å². The van der Waals surface area contributed by atoms with Crippen LogP contribution in [0.4, 0.5) is 0 Å². The number of aromatic nitrogens is 1. The Kier molecular flexibility index (Phi) is 4.36. The first-order valence-electron chi connectivity index (χ1n) is 5.80. The van der Waals surface area contributed by atoms with Crippen molar-refractivity contribution in [2.45, 2.75) is 6.92 Å². The number of nitrogens with one attached hydrogen (secondary N) is 1. The molecule has 0 atom stereocenters. The second-order valence-corrected chi connectivity index (χ2v) is 4.45. The fourth-order valence-electron chi connectivity index (χ4n) is 1.57. The van der Waals surface area contributed by atoms with Gasteiger partial charge in [0.1, 0.15) is 5.75 Å². The number of nitrogens with zero attached hydrogens (tertiary/aromatic N) is 1. The van der Waals surface area contributed by atoms with Crippen molar-refractivity contribution < 1.29 is 14.2 Å². The average Bonchev–Trinajstić information content (AvgIpc) is 2.39. The first kappa shape index (κ1) is 13.4. The smallest absolute Gasteiger partial charge is 0.312 e. The fourth-order valence-corrected chi connectivity index (χ4v) is 1.79. The normalized spacial score (nSPS) is 10.0. The summed E-state index contributed by atoms with van der Waals surface area (Å²) in [7, 11) is 0. The van der Waals surface area contributed by atoms with Crippen LogP contribution in [0, 0.1) is 6.92 Å². The van der Waals surface area contributed by atoms with Gasteiger partial charge in [-0.05, 0) is 30.7 Å². The summed E-state index contributed by atoms with van der Waals surface area (Å²) in [6.45, 7) is 1.83. The van der Waals surface area contributed by atoms with Crippen molar-refractivity contribution in [1.82, 2.24) is 0 Å². The number of carbonyl (C=O) groups excluding carboxylic acids is 1. The quantitative estimate of drug-likeness (QED) is 0.870. The number of hydrogen-bond donors (Lipinski definition) is 1. The van der Waals surface area contributed by atoms with E-state index in [0.717, 1.165) is 5.56 Å². The van der Waals surface area contributed by atoms with Crippen molar-refractivity contribution in [3.05, 3.63) is 59.4 Å². The molecule has 0 saturated heterocycles. The largest absolute Gasteiger partial charge is 0.483 e. The van der Waals surface area contributed by atoms with Gasteiger partial charge in [0.2, 0.25) is 0 Å². The van der Waals surface area contributed by atoms with Crippen LogP contribution in [-0.2, 0) is 4.79 Å². The molecule has 0 bridgehead atoms. The fraction of sp³-hybridized carbons (Fsp3) is 0.143. The van der Waals surface area contributed by atoms with E-state index in [0.29, 0.717) is 10.8 Å². The zero-order chi connectivity index (χ0) is 13.7. The van der Waals surface area contributed by atoms with Gasteiger partial charge >= 0.3 is 5.91 Å². The van der Waals surface area contributed by atoms with Gasteiger partial charge in [-0.2, -0.15) is 0 Å². The van der Waals surface area contributed by atoms with Crippen molar-refractivity contribution in [1.29, 1.82) is 0 Å². The average molecular weight is 278 g/mol. The minimum atomic E-state index is -0.231. The Morgan fingerprint density at radius 1 is 1.32 bits per heavy atom. The Bertz CT molecular complexity index is 573. The lowest BCUT2D eigenvalue weighted by atomic mass is 10.2. The van der Waals surface area contributed by atoms with Crippen LogP contribution >= 0.6 is 11.6 Å². The molecular weight excluding hydrogens is 264 g/mol. The topological polar surface area (TPSA) is 42.2 Å². The Labute approximate surface area is 116 Å². The van der Waals surface area contributed by atoms with E-state index in [1.807, 2.05) is 25.1 Å². The van der Waals surface area contributed by atoms with E-state index in [-0.39, 0.29) is 12.5 Å².